The van der Waals surface area contributed by atoms with Gasteiger partial charge in [-0.05, 0) is 65.0 Å². The molecule has 2 amide bonds. The lowest BCUT2D eigenvalue weighted by atomic mass is 10.0. The van der Waals surface area contributed by atoms with Crippen LogP contribution in [0.4, 0.5) is 10.5 Å². The van der Waals surface area contributed by atoms with Crippen LogP contribution in [0.1, 0.15) is 51.2 Å². The Labute approximate surface area is 144 Å². The van der Waals surface area contributed by atoms with Gasteiger partial charge in [-0.25, -0.2) is 4.79 Å². The molecule has 132 valence electrons. The van der Waals surface area contributed by atoms with E-state index in [1.165, 1.54) is 0 Å². The number of nitrogens with zero attached hydrogens (tertiary/aromatic N) is 1. The fraction of sp³-hybridized carbons (Fsp3) is 0.579. The Morgan fingerprint density at radius 3 is 2.38 bits per heavy atom. The topological polar surface area (TPSA) is 58.6 Å². The maximum Gasteiger partial charge on any atom is 0.410 e. The number of piperidine rings is 1. The number of para-hydroxylation sites is 1. The Morgan fingerprint density at radius 2 is 1.79 bits per heavy atom. The summed E-state index contributed by atoms with van der Waals surface area (Å²) >= 11 is 0. The second kappa shape index (κ2) is 7.24. The van der Waals surface area contributed by atoms with E-state index in [4.69, 9.17) is 4.74 Å². The molecule has 1 aliphatic rings. The van der Waals surface area contributed by atoms with E-state index >= 15 is 0 Å². The van der Waals surface area contributed by atoms with Crippen molar-refractivity contribution in [3.63, 3.8) is 0 Å². The molecule has 1 aliphatic heterocycles. The van der Waals surface area contributed by atoms with Gasteiger partial charge in [-0.1, -0.05) is 18.2 Å². The quantitative estimate of drug-likeness (QED) is 0.889. The first-order valence-corrected chi connectivity index (χ1v) is 8.56. The highest BCUT2D eigenvalue weighted by molar-refractivity contribution is 5.97. The molecular weight excluding hydrogens is 304 g/mol. The normalized spacial score (nSPS) is 18.2. The van der Waals surface area contributed by atoms with Crippen LogP contribution in [0.5, 0.6) is 0 Å². The van der Waals surface area contributed by atoms with Crippen LogP contribution in [-0.4, -0.2) is 35.1 Å². The number of aryl methyl sites for hydroxylation is 2. The Hall–Kier alpha value is -2.04. The molecule has 24 heavy (non-hydrogen) atoms. The first-order valence-electron chi connectivity index (χ1n) is 8.56. The predicted molar refractivity (Wildman–Crippen MR) is 95.1 cm³/mol. The van der Waals surface area contributed by atoms with Gasteiger partial charge in [0.1, 0.15) is 11.6 Å². The lowest BCUT2D eigenvalue weighted by Gasteiger charge is -2.36. The number of anilines is 1. The third-order valence-corrected chi connectivity index (χ3v) is 4.16. The monoisotopic (exact) mass is 332 g/mol. The van der Waals surface area contributed by atoms with E-state index < -0.39 is 17.7 Å². The summed E-state index contributed by atoms with van der Waals surface area (Å²) in [7, 11) is 0. The Balaban J connectivity index is 2.15. The first-order chi connectivity index (χ1) is 11.2. The van der Waals surface area contributed by atoms with E-state index in [2.05, 4.69) is 5.32 Å². The van der Waals surface area contributed by atoms with Crippen molar-refractivity contribution in [3.8, 4) is 0 Å². The molecule has 1 saturated heterocycles. The SMILES string of the molecule is Cc1cccc(C)c1NC(=O)C1CCCCN1C(=O)OC(C)(C)C. The molecule has 1 fully saturated rings. The second-order valence-electron chi connectivity index (χ2n) is 7.44. The van der Waals surface area contributed by atoms with Gasteiger partial charge in [-0.3, -0.25) is 9.69 Å². The summed E-state index contributed by atoms with van der Waals surface area (Å²) in [5, 5.41) is 3.01. The van der Waals surface area contributed by atoms with Crippen LogP contribution >= 0.6 is 0 Å². The molecule has 1 aromatic rings. The summed E-state index contributed by atoms with van der Waals surface area (Å²) in [6.45, 7) is 9.99. The number of rotatable bonds is 2. The third-order valence-electron chi connectivity index (χ3n) is 4.16. The fourth-order valence-corrected chi connectivity index (χ4v) is 2.96. The number of carbonyl (C=O) groups excluding carboxylic acids is 2. The molecular formula is C19H28N2O3. The summed E-state index contributed by atoms with van der Waals surface area (Å²) in [5.74, 6) is -0.141. The third kappa shape index (κ3) is 4.49. The van der Waals surface area contributed by atoms with Gasteiger partial charge in [0.2, 0.25) is 5.91 Å². The highest BCUT2D eigenvalue weighted by Crippen LogP contribution is 2.24. The van der Waals surface area contributed by atoms with Crippen LogP contribution in [-0.2, 0) is 9.53 Å². The Bertz CT molecular complexity index is 599. The molecule has 5 nitrogen and oxygen atoms in total. The highest BCUT2D eigenvalue weighted by atomic mass is 16.6. The van der Waals surface area contributed by atoms with E-state index in [-0.39, 0.29) is 5.91 Å². The van der Waals surface area contributed by atoms with Crippen molar-refractivity contribution in [2.45, 2.75) is 65.5 Å². The number of hydrogen-bond acceptors (Lipinski definition) is 3. The van der Waals surface area contributed by atoms with Crippen molar-refractivity contribution in [1.29, 1.82) is 0 Å². The number of likely N-dealkylation sites (tertiary alicyclic amines) is 1. The number of amides is 2. The maximum atomic E-state index is 12.8. The largest absolute Gasteiger partial charge is 0.444 e. The van der Waals surface area contributed by atoms with E-state index in [0.29, 0.717) is 13.0 Å². The van der Waals surface area contributed by atoms with Gasteiger partial charge in [-0.2, -0.15) is 0 Å². The Morgan fingerprint density at radius 1 is 1.17 bits per heavy atom. The van der Waals surface area contributed by atoms with E-state index in [1.54, 1.807) is 4.90 Å². The standard InChI is InChI=1S/C19H28N2O3/c1-13-9-8-10-14(2)16(13)20-17(22)15-11-6-7-12-21(15)18(23)24-19(3,4)5/h8-10,15H,6-7,11-12H2,1-5H3,(H,20,22). The molecule has 1 unspecified atom stereocenters. The van der Waals surface area contributed by atoms with E-state index in [1.807, 2.05) is 52.8 Å². The van der Waals surface area contributed by atoms with Crippen molar-refractivity contribution < 1.29 is 14.3 Å². The molecule has 5 heteroatoms. The molecule has 1 N–H and O–H groups in total. The molecule has 0 saturated carbocycles. The van der Waals surface area contributed by atoms with Gasteiger partial charge in [0.15, 0.2) is 0 Å². The minimum atomic E-state index is -0.567. The molecule has 0 aromatic heterocycles. The van der Waals surface area contributed by atoms with Gasteiger partial charge in [0.05, 0.1) is 0 Å². The van der Waals surface area contributed by atoms with Crippen molar-refractivity contribution in [1.82, 2.24) is 4.90 Å². The van der Waals surface area contributed by atoms with Crippen LogP contribution in [0.15, 0.2) is 18.2 Å². The number of nitrogens with one attached hydrogen (secondary N) is 1. The van der Waals surface area contributed by atoms with Crippen LogP contribution in [0, 0.1) is 13.8 Å². The van der Waals surface area contributed by atoms with Crippen LogP contribution in [0.2, 0.25) is 0 Å². The zero-order chi connectivity index (χ0) is 17.9. The highest BCUT2D eigenvalue weighted by Gasteiger charge is 2.35. The van der Waals surface area contributed by atoms with Gasteiger partial charge in [0, 0.05) is 12.2 Å². The van der Waals surface area contributed by atoms with Crippen molar-refractivity contribution in [2.24, 2.45) is 0 Å². The van der Waals surface area contributed by atoms with E-state index in [0.717, 1.165) is 29.7 Å². The molecule has 1 atom stereocenters. The van der Waals surface area contributed by atoms with Gasteiger partial charge in [-0.15, -0.1) is 0 Å². The lowest BCUT2D eigenvalue weighted by molar-refractivity contribution is -0.122. The first kappa shape index (κ1) is 18.3. The number of hydrogen-bond donors (Lipinski definition) is 1. The average Bonchev–Trinajstić information content (AvgIpc) is 2.49. The summed E-state index contributed by atoms with van der Waals surface area (Å²) in [6, 6.07) is 5.42. The zero-order valence-electron chi connectivity index (χ0n) is 15.3. The lowest BCUT2D eigenvalue weighted by Crippen LogP contribution is -2.51. The summed E-state index contributed by atoms with van der Waals surface area (Å²) in [6.07, 6.45) is 2.08. The minimum absolute atomic E-state index is 0.141. The van der Waals surface area contributed by atoms with Crippen molar-refractivity contribution in [3.05, 3.63) is 29.3 Å². The number of benzene rings is 1. The Kier molecular flexibility index (Phi) is 5.52. The van der Waals surface area contributed by atoms with Gasteiger partial charge < -0.3 is 10.1 Å². The molecule has 2 rings (SSSR count). The second-order valence-corrected chi connectivity index (χ2v) is 7.44. The summed E-state index contributed by atoms with van der Waals surface area (Å²) < 4.78 is 5.46. The minimum Gasteiger partial charge on any atom is -0.444 e. The number of ether oxygens (including phenoxy) is 1. The molecule has 1 heterocycles. The molecule has 0 spiro atoms. The van der Waals surface area contributed by atoms with Crippen molar-refractivity contribution in [2.75, 3.05) is 11.9 Å². The van der Waals surface area contributed by atoms with Crippen LogP contribution in [0.3, 0.4) is 0 Å². The van der Waals surface area contributed by atoms with Crippen molar-refractivity contribution >= 4 is 17.7 Å². The molecule has 0 radical (unpaired) electrons. The maximum absolute atomic E-state index is 12.8. The average molecular weight is 332 g/mol. The predicted octanol–water partition coefficient (Wildman–Crippen LogP) is 4.03. The smallest absolute Gasteiger partial charge is 0.410 e. The molecule has 0 bridgehead atoms. The zero-order valence-corrected chi connectivity index (χ0v) is 15.3. The number of carbonyl (C=O) groups is 2. The van der Waals surface area contributed by atoms with E-state index in [9.17, 15) is 9.59 Å². The van der Waals surface area contributed by atoms with Crippen LogP contribution in [0.25, 0.3) is 0 Å². The summed E-state index contributed by atoms with van der Waals surface area (Å²) in [4.78, 5) is 26.8. The van der Waals surface area contributed by atoms with Crippen LogP contribution < -0.4 is 5.32 Å². The fourth-order valence-electron chi connectivity index (χ4n) is 2.96. The molecule has 0 aliphatic carbocycles. The van der Waals surface area contributed by atoms with Gasteiger partial charge >= 0.3 is 6.09 Å². The molecule has 1 aromatic carbocycles. The summed E-state index contributed by atoms with van der Waals surface area (Å²) in [5.41, 5.74) is 2.30. The van der Waals surface area contributed by atoms with Gasteiger partial charge in [0.25, 0.3) is 0 Å².